The third kappa shape index (κ3) is 3.41. The Kier molecular flexibility index (Phi) is 3.93. The van der Waals surface area contributed by atoms with E-state index in [1.165, 1.54) is 18.4 Å². The molecule has 1 rings (SSSR count). The number of thiophene rings is 1. The molecule has 0 aliphatic heterocycles. The number of carbonyl (C=O) groups excluding carboxylic acids is 1. The van der Waals surface area contributed by atoms with E-state index in [9.17, 15) is 9.59 Å². The standard InChI is InChI=1S/C8H9ClN2O3S/c1-11(4-6(12)13)8(14)10-5-2-3-15-7(5)9/h2-3H,4H2,1H3,(H,10,14)(H,12,13). The van der Waals surface area contributed by atoms with Gasteiger partial charge in [-0.05, 0) is 11.4 Å². The summed E-state index contributed by atoms with van der Waals surface area (Å²) in [6.07, 6.45) is 0. The van der Waals surface area contributed by atoms with E-state index < -0.39 is 12.0 Å². The number of carbonyl (C=O) groups is 2. The van der Waals surface area contributed by atoms with Crippen molar-refractivity contribution in [1.82, 2.24) is 4.90 Å². The van der Waals surface area contributed by atoms with E-state index in [1.54, 1.807) is 11.4 Å². The third-order valence-electron chi connectivity index (χ3n) is 1.58. The van der Waals surface area contributed by atoms with Gasteiger partial charge in [0.1, 0.15) is 10.9 Å². The Balaban J connectivity index is 2.56. The second-order valence-corrected chi connectivity index (χ2v) is 4.31. The van der Waals surface area contributed by atoms with Crippen LogP contribution in [0.25, 0.3) is 0 Å². The lowest BCUT2D eigenvalue weighted by molar-refractivity contribution is -0.137. The average molecular weight is 249 g/mol. The van der Waals surface area contributed by atoms with Gasteiger partial charge in [0.2, 0.25) is 0 Å². The number of hydrogen-bond donors (Lipinski definition) is 2. The number of hydrogen-bond acceptors (Lipinski definition) is 3. The summed E-state index contributed by atoms with van der Waals surface area (Å²) in [5.41, 5.74) is 0.490. The predicted octanol–water partition coefficient (Wildman–Crippen LogP) is 1.95. The molecule has 0 saturated carbocycles. The van der Waals surface area contributed by atoms with Crippen molar-refractivity contribution in [2.75, 3.05) is 18.9 Å². The number of urea groups is 1. The van der Waals surface area contributed by atoms with Crippen molar-refractivity contribution < 1.29 is 14.7 Å². The van der Waals surface area contributed by atoms with Crippen LogP contribution in [0.4, 0.5) is 10.5 Å². The molecule has 82 valence electrons. The van der Waals surface area contributed by atoms with Crippen molar-refractivity contribution in [3.63, 3.8) is 0 Å². The van der Waals surface area contributed by atoms with Crippen LogP contribution in [-0.4, -0.2) is 35.6 Å². The molecule has 0 spiro atoms. The molecule has 0 bridgehead atoms. The number of halogens is 1. The van der Waals surface area contributed by atoms with Crippen LogP contribution in [0, 0.1) is 0 Å². The van der Waals surface area contributed by atoms with Crippen LogP contribution in [-0.2, 0) is 4.79 Å². The maximum Gasteiger partial charge on any atom is 0.323 e. The van der Waals surface area contributed by atoms with Gasteiger partial charge >= 0.3 is 12.0 Å². The van der Waals surface area contributed by atoms with Gasteiger partial charge in [0.25, 0.3) is 0 Å². The normalized spacial score (nSPS) is 9.73. The highest BCUT2D eigenvalue weighted by Gasteiger charge is 2.13. The molecule has 1 heterocycles. The molecule has 1 aromatic rings. The fourth-order valence-electron chi connectivity index (χ4n) is 0.867. The van der Waals surface area contributed by atoms with Gasteiger partial charge in [-0.2, -0.15) is 0 Å². The molecule has 7 heteroatoms. The Bertz CT molecular complexity index is 380. The number of nitrogens with one attached hydrogen (secondary N) is 1. The summed E-state index contributed by atoms with van der Waals surface area (Å²) in [5, 5.41) is 12.7. The Morgan fingerprint density at radius 3 is 2.80 bits per heavy atom. The minimum absolute atomic E-state index is 0.354. The largest absolute Gasteiger partial charge is 0.480 e. The van der Waals surface area contributed by atoms with Crippen LogP contribution in [0.1, 0.15) is 0 Å². The topological polar surface area (TPSA) is 69.6 Å². The van der Waals surface area contributed by atoms with Crippen molar-refractivity contribution in [1.29, 1.82) is 0 Å². The van der Waals surface area contributed by atoms with Gasteiger partial charge in [0.15, 0.2) is 0 Å². The predicted molar refractivity (Wildman–Crippen MR) is 58.6 cm³/mol. The number of aliphatic carboxylic acids is 1. The minimum atomic E-state index is -1.07. The van der Waals surface area contributed by atoms with E-state index in [1.807, 2.05) is 0 Å². The molecule has 0 unspecified atom stereocenters. The molecule has 2 amide bonds. The highest BCUT2D eigenvalue weighted by atomic mass is 35.5. The Hall–Kier alpha value is -1.27. The van der Waals surface area contributed by atoms with E-state index in [0.717, 1.165) is 4.90 Å². The molecule has 0 saturated heterocycles. The summed E-state index contributed by atoms with van der Waals surface area (Å²) in [5.74, 6) is -1.07. The van der Waals surface area contributed by atoms with Crippen LogP contribution in [0.15, 0.2) is 11.4 Å². The molecular weight excluding hydrogens is 240 g/mol. The molecule has 0 aromatic carbocycles. The van der Waals surface area contributed by atoms with Crippen LogP contribution >= 0.6 is 22.9 Å². The molecule has 5 nitrogen and oxygen atoms in total. The number of carboxylic acid groups (broad SMARTS) is 1. The molecule has 1 aromatic heterocycles. The van der Waals surface area contributed by atoms with Crippen molar-refractivity contribution >= 4 is 40.6 Å². The summed E-state index contributed by atoms with van der Waals surface area (Å²) in [6.45, 7) is -0.354. The van der Waals surface area contributed by atoms with Crippen molar-refractivity contribution in [2.45, 2.75) is 0 Å². The van der Waals surface area contributed by atoms with Crippen molar-refractivity contribution in [2.24, 2.45) is 0 Å². The van der Waals surface area contributed by atoms with Gasteiger partial charge in [-0.3, -0.25) is 4.79 Å². The maximum absolute atomic E-state index is 11.4. The first kappa shape index (κ1) is 11.8. The Morgan fingerprint density at radius 2 is 2.33 bits per heavy atom. The summed E-state index contributed by atoms with van der Waals surface area (Å²) >= 11 is 7.05. The average Bonchev–Trinajstić information content (AvgIpc) is 2.50. The number of amides is 2. The van der Waals surface area contributed by atoms with Crippen LogP contribution in [0.5, 0.6) is 0 Å². The smallest absolute Gasteiger partial charge is 0.323 e. The molecule has 0 fully saturated rings. The zero-order chi connectivity index (χ0) is 11.4. The quantitative estimate of drug-likeness (QED) is 0.859. The summed E-state index contributed by atoms with van der Waals surface area (Å²) in [6, 6.07) is 1.15. The lowest BCUT2D eigenvalue weighted by atomic mass is 10.5. The second kappa shape index (κ2) is 4.99. The molecular formula is C8H9ClN2O3S. The van der Waals surface area contributed by atoms with Gasteiger partial charge < -0.3 is 15.3 Å². The zero-order valence-corrected chi connectivity index (χ0v) is 9.43. The van der Waals surface area contributed by atoms with Crippen molar-refractivity contribution in [3.8, 4) is 0 Å². The molecule has 15 heavy (non-hydrogen) atoms. The first-order valence-electron chi connectivity index (χ1n) is 3.97. The highest BCUT2D eigenvalue weighted by Crippen LogP contribution is 2.27. The van der Waals surface area contributed by atoms with Gasteiger partial charge in [0, 0.05) is 7.05 Å². The monoisotopic (exact) mass is 248 g/mol. The first-order valence-corrected chi connectivity index (χ1v) is 5.23. The van der Waals surface area contributed by atoms with E-state index in [2.05, 4.69) is 5.32 Å². The van der Waals surface area contributed by atoms with Gasteiger partial charge in [-0.1, -0.05) is 11.6 Å². The van der Waals surface area contributed by atoms with Gasteiger partial charge in [0.05, 0.1) is 5.69 Å². The summed E-state index contributed by atoms with van der Waals surface area (Å²) in [7, 11) is 1.39. The summed E-state index contributed by atoms with van der Waals surface area (Å²) < 4.78 is 0.465. The molecule has 0 radical (unpaired) electrons. The van der Waals surface area contributed by atoms with E-state index in [0.29, 0.717) is 10.0 Å². The zero-order valence-electron chi connectivity index (χ0n) is 7.86. The number of anilines is 1. The van der Waals surface area contributed by atoms with E-state index in [4.69, 9.17) is 16.7 Å². The van der Waals surface area contributed by atoms with E-state index in [-0.39, 0.29) is 6.54 Å². The summed E-state index contributed by atoms with van der Waals surface area (Å²) in [4.78, 5) is 22.8. The number of nitrogens with zero attached hydrogens (tertiary/aromatic N) is 1. The maximum atomic E-state index is 11.4. The van der Waals surface area contributed by atoms with Crippen molar-refractivity contribution in [3.05, 3.63) is 15.8 Å². The van der Waals surface area contributed by atoms with Gasteiger partial charge in [-0.15, -0.1) is 11.3 Å². The Morgan fingerprint density at radius 1 is 1.67 bits per heavy atom. The number of rotatable bonds is 3. The van der Waals surface area contributed by atoms with Crippen LogP contribution < -0.4 is 5.32 Å². The lowest BCUT2D eigenvalue weighted by Crippen LogP contribution is -2.35. The highest BCUT2D eigenvalue weighted by molar-refractivity contribution is 7.15. The fraction of sp³-hybridized carbons (Fsp3) is 0.250. The molecule has 2 N–H and O–H groups in total. The third-order valence-corrected chi connectivity index (χ3v) is 2.75. The van der Waals surface area contributed by atoms with Crippen LogP contribution in [0.3, 0.4) is 0 Å². The van der Waals surface area contributed by atoms with Crippen LogP contribution in [0.2, 0.25) is 4.34 Å². The Labute approximate surface area is 95.3 Å². The lowest BCUT2D eigenvalue weighted by Gasteiger charge is -2.14. The second-order valence-electron chi connectivity index (χ2n) is 2.79. The molecule has 0 atom stereocenters. The molecule has 0 aliphatic carbocycles. The fourth-order valence-corrected chi connectivity index (χ4v) is 1.70. The van der Waals surface area contributed by atoms with E-state index >= 15 is 0 Å². The number of carboxylic acids is 1. The minimum Gasteiger partial charge on any atom is -0.480 e. The van der Waals surface area contributed by atoms with Gasteiger partial charge in [-0.25, -0.2) is 4.79 Å². The first-order chi connectivity index (χ1) is 7.00. The SMILES string of the molecule is CN(CC(=O)O)C(=O)Nc1ccsc1Cl. The molecule has 0 aliphatic rings. The number of likely N-dealkylation sites (N-methyl/N-ethyl adjacent to an activating group) is 1.